The van der Waals surface area contributed by atoms with E-state index in [9.17, 15) is 0 Å². The number of nitrogens with one attached hydrogen (secondary N) is 1. The highest BCUT2D eigenvalue weighted by Gasteiger charge is 2.12. The lowest BCUT2D eigenvalue weighted by Gasteiger charge is -2.04. The van der Waals surface area contributed by atoms with Crippen molar-refractivity contribution in [1.29, 1.82) is 0 Å². The molecule has 0 atom stereocenters. The summed E-state index contributed by atoms with van der Waals surface area (Å²) in [5, 5.41) is 14.4. The zero-order valence-electron chi connectivity index (χ0n) is 10.1. The molecule has 1 aromatic carbocycles. The predicted molar refractivity (Wildman–Crippen MR) is 77.3 cm³/mol. The average Bonchev–Trinajstić information content (AvgIpc) is 2.78. The summed E-state index contributed by atoms with van der Waals surface area (Å²) in [7, 11) is 0. The fourth-order valence-electron chi connectivity index (χ4n) is 1.39. The molecule has 1 N–H and O–H groups in total. The minimum absolute atomic E-state index is 0.423. The highest BCUT2D eigenvalue weighted by Crippen LogP contribution is 2.34. The molecule has 0 amide bonds. The summed E-state index contributed by atoms with van der Waals surface area (Å²) in [5.41, 5.74) is 0.831. The third-order valence-corrected chi connectivity index (χ3v) is 4.09. The van der Waals surface area contributed by atoms with Gasteiger partial charge < -0.3 is 5.32 Å². The van der Waals surface area contributed by atoms with E-state index in [4.69, 9.17) is 23.2 Å². The van der Waals surface area contributed by atoms with Crippen LogP contribution in [0.4, 0.5) is 0 Å². The molecule has 0 saturated heterocycles. The lowest BCUT2D eigenvalue weighted by atomic mass is 10.2. The maximum Gasteiger partial charge on any atom is 0.149 e. The fraction of sp³-hybridized carbons (Fsp3) is 0.333. The summed E-state index contributed by atoms with van der Waals surface area (Å²) >= 11 is 13.7. The third-order valence-electron chi connectivity index (χ3n) is 2.31. The predicted octanol–water partition coefficient (Wildman–Crippen LogP) is 4.01. The van der Waals surface area contributed by atoms with Crippen LogP contribution in [-0.2, 0) is 6.54 Å². The van der Waals surface area contributed by atoms with Crippen molar-refractivity contribution in [3.8, 4) is 10.6 Å². The Labute approximate surface area is 120 Å². The van der Waals surface area contributed by atoms with Crippen molar-refractivity contribution in [3.05, 3.63) is 33.3 Å². The minimum atomic E-state index is 0.423. The van der Waals surface area contributed by atoms with E-state index in [0.717, 1.165) is 15.6 Å². The van der Waals surface area contributed by atoms with Crippen LogP contribution in [0.25, 0.3) is 10.6 Å². The van der Waals surface area contributed by atoms with Gasteiger partial charge in [0.15, 0.2) is 0 Å². The number of hydrogen-bond donors (Lipinski definition) is 1. The highest BCUT2D eigenvalue weighted by molar-refractivity contribution is 7.14. The molecule has 3 nitrogen and oxygen atoms in total. The van der Waals surface area contributed by atoms with Gasteiger partial charge in [0, 0.05) is 18.2 Å². The van der Waals surface area contributed by atoms with Crippen LogP contribution in [0, 0.1) is 0 Å². The van der Waals surface area contributed by atoms with Gasteiger partial charge in [-0.2, -0.15) is 0 Å². The first-order valence-corrected chi connectivity index (χ1v) is 7.15. The molecule has 6 heteroatoms. The van der Waals surface area contributed by atoms with Crippen molar-refractivity contribution in [2.45, 2.75) is 26.4 Å². The van der Waals surface area contributed by atoms with Crippen LogP contribution in [0.3, 0.4) is 0 Å². The van der Waals surface area contributed by atoms with Crippen LogP contribution >= 0.6 is 34.5 Å². The second kappa shape index (κ2) is 5.97. The van der Waals surface area contributed by atoms with Gasteiger partial charge in [0.1, 0.15) is 10.0 Å². The smallest absolute Gasteiger partial charge is 0.149 e. The normalized spacial score (nSPS) is 11.2. The molecular formula is C12H13Cl2N3S. The van der Waals surface area contributed by atoms with Crippen molar-refractivity contribution < 1.29 is 0 Å². The molecule has 0 aliphatic carbocycles. The molecule has 0 unspecified atom stereocenters. The van der Waals surface area contributed by atoms with Gasteiger partial charge >= 0.3 is 0 Å². The summed E-state index contributed by atoms with van der Waals surface area (Å²) in [6.45, 7) is 4.90. The molecule has 2 rings (SSSR count). The molecule has 2 aromatic rings. The molecule has 0 spiro atoms. The van der Waals surface area contributed by atoms with Crippen molar-refractivity contribution in [2.24, 2.45) is 0 Å². The molecular weight excluding hydrogens is 289 g/mol. The Balaban J connectivity index is 2.21. The largest absolute Gasteiger partial charge is 0.308 e. The van der Waals surface area contributed by atoms with E-state index in [1.165, 1.54) is 11.3 Å². The van der Waals surface area contributed by atoms with Gasteiger partial charge in [0.25, 0.3) is 0 Å². The SMILES string of the molecule is CC(C)NCc1nnc(-c2cccc(Cl)c2Cl)s1. The van der Waals surface area contributed by atoms with Crippen LogP contribution in [0.1, 0.15) is 18.9 Å². The second-order valence-corrected chi connectivity index (χ2v) is 5.99. The molecule has 18 heavy (non-hydrogen) atoms. The summed E-state index contributed by atoms with van der Waals surface area (Å²) in [4.78, 5) is 0. The van der Waals surface area contributed by atoms with E-state index in [0.29, 0.717) is 22.6 Å². The van der Waals surface area contributed by atoms with E-state index in [-0.39, 0.29) is 0 Å². The van der Waals surface area contributed by atoms with Gasteiger partial charge in [-0.15, -0.1) is 10.2 Å². The van der Waals surface area contributed by atoms with Crippen LogP contribution in [0.15, 0.2) is 18.2 Å². The van der Waals surface area contributed by atoms with Gasteiger partial charge in [-0.05, 0) is 6.07 Å². The zero-order chi connectivity index (χ0) is 13.1. The number of rotatable bonds is 4. The summed E-state index contributed by atoms with van der Waals surface area (Å²) in [6, 6.07) is 5.94. The van der Waals surface area contributed by atoms with Crippen molar-refractivity contribution >= 4 is 34.5 Å². The fourth-order valence-corrected chi connectivity index (χ4v) is 2.66. The number of aromatic nitrogens is 2. The summed E-state index contributed by atoms with van der Waals surface area (Å²) in [5.74, 6) is 0. The molecule has 0 fully saturated rings. The highest BCUT2D eigenvalue weighted by atomic mass is 35.5. The van der Waals surface area contributed by atoms with E-state index in [1.54, 1.807) is 6.07 Å². The Morgan fingerprint density at radius 2 is 2.06 bits per heavy atom. The lowest BCUT2D eigenvalue weighted by molar-refractivity contribution is 0.585. The maximum absolute atomic E-state index is 6.16. The first kappa shape index (κ1) is 13.7. The van der Waals surface area contributed by atoms with Crippen LogP contribution in [-0.4, -0.2) is 16.2 Å². The zero-order valence-corrected chi connectivity index (χ0v) is 12.4. The van der Waals surface area contributed by atoms with Crippen LogP contribution < -0.4 is 5.32 Å². The average molecular weight is 302 g/mol. The topological polar surface area (TPSA) is 37.8 Å². The van der Waals surface area contributed by atoms with Crippen LogP contribution in [0.5, 0.6) is 0 Å². The minimum Gasteiger partial charge on any atom is -0.308 e. The molecule has 1 heterocycles. The molecule has 0 bridgehead atoms. The number of hydrogen-bond acceptors (Lipinski definition) is 4. The van der Waals surface area contributed by atoms with Crippen molar-refractivity contribution in [3.63, 3.8) is 0 Å². The summed E-state index contributed by atoms with van der Waals surface area (Å²) < 4.78 is 0. The molecule has 1 aromatic heterocycles. The molecule has 0 aliphatic rings. The van der Waals surface area contributed by atoms with E-state index >= 15 is 0 Å². The molecule has 96 valence electrons. The second-order valence-electron chi connectivity index (χ2n) is 4.14. The van der Waals surface area contributed by atoms with Gasteiger partial charge in [-0.1, -0.05) is 60.5 Å². The van der Waals surface area contributed by atoms with Gasteiger partial charge in [-0.3, -0.25) is 0 Å². The van der Waals surface area contributed by atoms with Gasteiger partial charge in [0.05, 0.1) is 10.0 Å². The third kappa shape index (κ3) is 3.20. The first-order valence-electron chi connectivity index (χ1n) is 5.58. The Kier molecular flexibility index (Phi) is 4.56. The Morgan fingerprint density at radius 1 is 1.28 bits per heavy atom. The van der Waals surface area contributed by atoms with Gasteiger partial charge in [-0.25, -0.2) is 0 Å². The van der Waals surface area contributed by atoms with E-state index in [2.05, 4.69) is 29.4 Å². The lowest BCUT2D eigenvalue weighted by Crippen LogP contribution is -2.21. The summed E-state index contributed by atoms with van der Waals surface area (Å²) in [6.07, 6.45) is 0. The number of benzene rings is 1. The van der Waals surface area contributed by atoms with E-state index < -0.39 is 0 Å². The molecule has 0 saturated carbocycles. The van der Waals surface area contributed by atoms with Crippen molar-refractivity contribution in [1.82, 2.24) is 15.5 Å². The van der Waals surface area contributed by atoms with Crippen LogP contribution in [0.2, 0.25) is 10.0 Å². The molecule has 0 aliphatic heterocycles. The monoisotopic (exact) mass is 301 g/mol. The maximum atomic E-state index is 6.16. The van der Waals surface area contributed by atoms with Crippen molar-refractivity contribution in [2.75, 3.05) is 0 Å². The van der Waals surface area contributed by atoms with E-state index in [1.807, 2.05) is 12.1 Å². The first-order chi connectivity index (χ1) is 8.58. The standard InChI is InChI=1S/C12H13Cl2N3S/c1-7(2)15-6-10-16-17-12(18-10)8-4-3-5-9(13)11(8)14/h3-5,7,15H,6H2,1-2H3. The Hall–Kier alpha value is -0.680. The number of halogens is 2. The van der Waals surface area contributed by atoms with Gasteiger partial charge in [0.2, 0.25) is 0 Å². The number of nitrogens with zero attached hydrogens (tertiary/aromatic N) is 2. The molecule has 0 radical (unpaired) electrons. The quantitative estimate of drug-likeness (QED) is 0.927. The Morgan fingerprint density at radius 3 is 2.78 bits per heavy atom. The Bertz CT molecular complexity index is 540.